The van der Waals surface area contributed by atoms with Gasteiger partial charge >= 0.3 is 0 Å². The molecule has 0 aromatic heterocycles. The molecule has 1 spiro atoms. The van der Waals surface area contributed by atoms with Crippen LogP contribution in [0.4, 0.5) is 22.7 Å². The Kier molecular flexibility index (Phi) is 2.80. The van der Waals surface area contributed by atoms with E-state index in [9.17, 15) is 0 Å². The predicted octanol–water partition coefficient (Wildman–Crippen LogP) is 6.77. The van der Waals surface area contributed by atoms with Crippen LogP contribution in [0.15, 0.2) is 66.7 Å². The Balaban J connectivity index is 1.43. The smallest absolute Gasteiger partial charge is 0.0881 e. The highest BCUT2D eigenvalue weighted by Crippen LogP contribution is 2.70. The van der Waals surface area contributed by atoms with Crippen molar-refractivity contribution in [1.82, 2.24) is 0 Å². The van der Waals surface area contributed by atoms with Crippen LogP contribution in [0.25, 0.3) is 0 Å². The van der Waals surface area contributed by atoms with Gasteiger partial charge in [-0.25, -0.2) is 0 Å². The molecule has 2 nitrogen and oxygen atoms in total. The molecule has 4 aliphatic rings. The summed E-state index contributed by atoms with van der Waals surface area (Å²) >= 11 is 0. The lowest BCUT2D eigenvalue weighted by Crippen LogP contribution is -2.31. The minimum absolute atomic E-state index is 0.00394. The molecule has 29 heavy (non-hydrogen) atoms. The molecule has 2 atom stereocenters. The number of anilines is 4. The van der Waals surface area contributed by atoms with Crippen molar-refractivity contribution in [1.29, 1.82) is 0 Å². The van der Waals surface area contributed by atoms with E-state index in [4.69, 9.17) is 0 Å². The third-order valence-electron chi connectivity index (χ3n) is 8.11. The van der Waals surface area contributed by atoms with Crippen molar-refractivity contribution in [2.75, 3.05) is 9.80 Å². The van der Waals surface area contributed by atoms with Gasteiger partial charge in [-0.15, -0.1) is 0 Å². The van der Waals surface area contributed by atoms with Gasteiger partial charge in [0.25, 0.3) is 0 Å². The third kappa shape index (κ3) is 1.75. The maximum Gasteiger partial charge on any atom is 0.0881 e. The standard InChI is InChI=1S/C27H26N2/c1-26(2)19-9-3-5-11-22(19)28(23-12-6-4-10-20(23)26)18-14-15-24-21(17-18)27-16-8-7-13-25(27)29(24)27/h3-6,9-12,14-15,17,25H,7-8,13,16H2,1-2H3. The second-order valence-corrected chi connectivity index (χ2v) is 9.75. The molecule has 0 N–H and O–H groups in total. The molecule has 3 aromatic carbocycles. The number of benzene rings is 3. The van der Waals surface area contributed by atoms with Gasteiger partial charge in [0.05, 0.1) is 23.0 Å². The molecule has 3 aliphatic heterocycles. The summed E-state index contributed by atoms with van der Waals surface area (Å²) in [5.41, 5.74) is 10.2. The van der Waals surface area contributed by atoms with Gasteiger partial charge in [-0.1, -0.05) is 63.1 Å². The molecule has 0 radical (unpaired) electrons. The van der Waals surface area contributed by atoms with E-state index in [1.807, 2.05) is 0 Å². The van der Waals surface area contributed by atoms with E-state index in [0.29, 0.717) is 5.54 Å². The van der Waals surface area contributed by atoms with Crippen molar-refractivity contribution in [2.24, 2.45) is 0 Å². The SMILES string of the molecule is CC1(C)c2ccccc2N(c2ccc3c(c2)C24CCCCC2N34)c2ccccc21. The van der Waals surface area contributed by atoms with E-state index in [-0.39, 0.29) is 5.41 Å². The van der Waals surface area contributed by atoms with E-state index >= 15 is 0 Å². The van der Waals surface area contributed by atoms with Crippen LogP contribution in [0.5, 0.6) is 0 Å². The molecule has 0 bridgehead atoms. The second kappa shape index (κ2) is 5.05. The Labute approximate surface area is 172 Å². The molecular weight excluding hydrogens is 352 g/mol. The van der Waals surface area contributed by atoms with Crippen molar-refractivity contribution in [3.05, 3.63) is 83.4 Å². The number of hydrogen-bond acceptors (Lipinski definition) is 2. The van der Waals surface area contributed by atoms with E-state index in [2.05, 4.69) is 90.4 Å². The zero-order valence-corrected chi connectivity index (χ0v) is 17.2. The molecular formula is C27H26N2. The maximum absolute atomic E-state index is 2.69. The van der Waals surface area contributed by atoms with Crippen LogP contribution in [0.2, 0.25) is 0 Å². The Morgan fingerprint density at radius 1 is 0.759 bits per heavy atom. The molecule has 1 aliphatic carbocycles. The van der Waals surface area contributed by atoms with Crippen LogP contribution in [0.3, 0.4) is 0 Å². The van der Waals surface area contributed by atoms with Crippen molar-refractivity contribution < 1.29 is 0 Å². The van der Waals surface area contributed by atoms with Crippen LogP contribution in [0, 0.1) is 0 Å². The van der Waals surface area contributed by atoms with Gasteiger partial charge in [-0.2, -0.15) is 0 Å². The Hall–Kier alpha value is -2.74. The highest BCUT2D eigenvalue weighted by atomic mass is 15.5. The monoisotopic (exact) mass is 378 g/mol. The minimum Gasteiger partial charge on any atom is -0.354 e. The molecule has 3 aromatic rings. The zero-order chi connectivity index (χ0) is 19.4. The van der Waals surface area contributed by atoms with Crippen LogP contribution in [-0.4, -0.2) is 6.04 Å². The fourth-order valence-corrected chi connectivity index (χ4v) is 6.72. The lowest BCUT2D eigenvalue weighted by molar-refractivity contribution is 0.461. The highest BCUT2D eigenvalue weighted by Gasteiger charge is 2.71. The van der Waals surface area contributed by atoms with Gasteiger partial charge in [0.15, 0.2) is 0 Å². The number of nitrogens with zero attached hydrogens (tertiary/aromatic N) is 2. The van der Waals surface area contributed by atoms with Gasteiger partial charge in [0.1, 0.15) is 0 Å². The van der Waals surface area contributed by atoms with E-state index < -0.39 is 0 Å². The molecule has 3 heterocycles. The topological polar surface area (TPSA) is 6.25 Å². The third-order valence-corrected chi connectivity index (χ3v) is 8.11. The summed E-state index contributed by atoms with van der Waals surface area (Å²) in [4.78, 5) is 5.19. The normalized spacial score (nSPS) is 27.0. The average Bonchev–Trinajstić information content (AvgIpc) is 3.36. The first-order chi connectivity index (χ1) is 14.1. The van der Waals surface area contributed by atoms with E-state index in [1.54, 1.807) is 5.56 Å². The number of rotatable bonds is 1. The molecule has 144 valence electrons. The van der Waals surface area contributed by atoms with Crippen molar-refractivity contribution in [2.45, 2.75) is 56.5 Å². The first-order valence-corrected chi connectivity index (χ1v) is 11.1. The maximum atomic E-state index is 2.69. The Bertz CT molecular complexity index is 1130. The summed E-state index contributed by atoms with van der Waals surface area (Å²) in [6, 6.07) is 25.9. The molecule has 1 saturated heterocycles. The Morgan fingerprint density at radius 3 is 2.17 bits per heavy atom. The lowest BCUT2D eigenvalue weighted by atomic mass is 9.73. The van der Waals surface area contributed by atoms with Crippen LogP contribution >= 0.6 is 0 Å². The average molecular weight is 379 g/mol. The van der Waals surface area contributed by atoms with E-state index in [1.165, 1.54) is 59.6 Å². The number of para-hydroxylation sites is 2. The molecule has 2 fully saturated rings. The zero-order valence-electron chi connectivity index (χ0n) is 17.2. The molecule has 2 unspecified atom stereocenters. The highest BCUT2D eigenvalue weighted by molar-refractivity contribution is 5.90. The Morgan fingerprint density at radius 2 is 1.45 bits per heavy atom. The fourth-order valence-electron chi connectivity index (χ4n) is 6.72. The summed E-state index contributed by atoms with van der Waals surface area (Å²) in [6.07, 6.45) is 5.48. The quantitative estimate of drug-likeness (QED) is 0.431. The van der Waals surface area contributed by atoms with Crippen LogP contribution in [0.1, 0.15) is 56.2 Å². The van der Waals surface area contributed by atoms with Crippen molar-refractivity contribution in [3.8, 4) is 0 Å². The van der Waals surface area contributed by atoms with Crippen LogP contribution in [-0.2, 0) is 11.0 Å². The van der Waals surface area contributed by atoms with Crippen LogP contribution < -0.4 is 9.80 Å². The summed E-state index contributed by atoms with van der Waals surface area (Å²) in [5.74, 6) is 0. The molecule has 7 rings (SSSR count). The van der Waals surface area contributed by atoms with E-state index in [0.717, 1.165) is 6.04 Å². The van der Waals surface area contributed by atoms with Crippen molar-refractivity contribution in [3.63, 3.8) is 0 Å². The lowest BCUT2D eigenvalue weighted by Gasteiger charge is -2.42. The fraction of sp³-hybridized carbons (Fsp3) is 0.333. The van der Waals surface area contributed by atoms with Gasteiger partial charge in [0, 0.05) is 22.4 Å². The predicted molar refractivity (Wildman–Crippen MR) is 120 cm³/mol. The first kappa shape index (κ1) is 16.1. The first-order valence-electron chi connectivity index (χ1n) is 11.1. The number of hydrogen-bond donors (Lipinski definition) is 0. The molecule has 1 saturated carbocycles. The van der Waals surface area contributed by atoms with Gasteiger partial charge in [-0.05, 0) is 54.3 Å². The molecule has 0 amide bonds. The second-order valence-electron chi connectivity index (χ2n) is 9.75. The number of fused-ring (bicyclic) bond motifs is 5. The van der Waals surface area contributed by atoms with Gasteiger partial charge < -0.3 is 9.80 Å². The summed E-state index contributed by atoms with van der Waals surface area (Å²) in [7, 11) is 0. The largest absolute Gasteiger partial charge is 0.354 e. The minimum atomic E-state index is 0.00394. The molecule has 2 heteroatoms. The summed E-state index contributed by atoms with van der Waals surface area (Å²) in [5, 5.41) is 0. The van der Waals surface area contributed by atoms with Gasteiger partial charge in [-0.3, -0.25) is 0 Å². The van der Waals surface area contributed by atoms with Gasteiger partial charge in [0.2, 0.25) is 0 Å². The summed E-state index contributed by atoms with van der Waals surface area (Å²) in [6.45, 7) is 4.71. The summed E-state index contributed by atoms with van der Waals surface area (Å²) < 4.78 is 0. The van der Waals surface area contributed by atoms with Crippen molar-refractivity contribution >= 4 is 22.7 Å².